The quantitative estimate of drug-likeness (QED) is 0.864. The number of nitrogens with zero attached hydrogens (tertiary/aromatic N) is 2. The maximum atomic E-state index is 12.5. The molecule has 0 saturated heterocycles. The summed E-state index contributed by atoms with van der Waals surface area (Å²) >= 11 is 0. The van der Waals surface area contributed by atoms with E-state index in [2.05, 4.69) is 15.5 Å². The van der Waals surface area contributed by atoms with Gasteiger partial charge in [0.05, 0.1) is 5.56 Å². The van der Waals surface area contributed by atoms with E-state index < -0.39 is 11.7 Å². The zero-order chi connectivity index (χ0) is 13.2. The summed E-state index contributed by atoms with van der Waals surface area (Å²) in [5.41, 5.74) is 4.91. The van der Waals surface area contributed by atoms with Crippen molar-refractivity contribution in [3.63, 3.8) is 0 Å². The van der Waals surface area contributed by atoms with E-state index in [4.69, 9.17) is 5.73 Å². The van der Waals surface area contributed by atoms with E-state index in [0.29, 0.717) is 5.82 Å². The number of hydrogen-bond donors (Lipinski definition) is 2. The van der Waals surface area contributed by atoms with Crippen LogP contribution in [0.15, 0.2) is 36.4 Å². The third kappa shape index (κ3) is 2.88. The summed E-state index contributed by atoms with van der Waals surface area (Å²) in [6.07, 6.45) is -4.37. The predicted octanol–water partition coefficient (Wildman–Crippen LogP) is 2.82. The molecule has 3 N–H and O–H groups in total. The molecule has 0 saturated carbocycles. The lowest BCUT2D eigenvalue weighted by Crippen LogP contribution is -2.05. The second kappa shape index (κ2) is 4.52. The molecule has 0 spiro atoms. The van der Waals surface area contributed by atoms with E-state index in [9.17, 15) is 13.2 Å². The summed E-state index contributed by atoms with van der Waals surface area (Å²) in [6, 6.07) is 7.85. The molecule has 2 aromatic rings. The molecule has 0 fully saturated rings. The Morgan fingerprint density at radius 1 is 1.06 bits per heavy atom. The molecule has 0 radical (unpaired) electrons. The summed E-state index contributed by atoms with van der Waals surface area (Å²) in [5, 5.41) is 10.0. The summed E-state index contributed by atoms with van der Waals surface area (Å²) in [7, 11) is 0. The second-order valence-electron chi connectivity index (χ2n) is 3.55. The second-order valence-corrected chi connectivity index (χ2v) is 3.55. The van der Waals surface area contributed by atoms with Crippen molar-refractivity contribution in [1.82, 2.24) is 10.2 Å². The zero-order valence-electron chi connectivity index (χ0n) is 9.07. The number of nitrogens with two attached hydrogens (primary N) is 1. The maximum Gasteiger partial charge on any atom is 0.416 e. The van der Waals surface area contributed by atoms with Gasteiger partial charge in [0.1, 0.15) is 5.82 Å². The molecule has 0 aliphatic rings. The molecule has 0 atom stereocenters. The molecule has 0 unspecified atom stereocenters. The molecule has 18 heavy (non-hydrogen) atoms. The molecule has 1 heterocycles. The van der Waals surface area contributed by atoms with Crippen LogP contribution in [0.2, 0.25) is 0 Å². The fourth-order valence-corrected chi connectivity index (χ4v) is 1.33. The van der Waals surface area contributed by atoms with Crippen LogP contribution in [0.1, 0.15) is 5.56 Å². The Balaban J connectivity index is 2.22. The van der Waals surface area contributed by atoms with Crippen LogP contribution in [-0.2, 0) is 6.18 Å². The highest BCUT2D eigenvalue weighted by Gasteiger charge is 2.30. The van der Waals surface area contributed by atoms with Gasteiger partial charge in [-0.2, -0.15) is 13.2 Å². The first-order valence-electron chi connectivity index (χ1n) is 4.98. The van der Waals surface area contributed by atoms with Gasteiger partial charge in [0.15, 0.2) is 5.82 Å². The summed E-state index contributed by atoms with van der Waals surface area (Å²) in [5.74, 6) is 0.563. The van der Waals surface area contributed by atoms with Gasteiger partial charge in [-0.05, 0) is 30.3 Å². The lowest BCUT2D eigenvalue weighted by molar-refractivity contribution is -0.137. The van der Waals surface area contributed by atoms with Crippen LogP contribution in [0, 0.1) is 0 Å². The number of alkyl halides is 3. The Morgan fingerprint density at radius 3 is 2.44 bits per heavy atom. The molecule has 7 heteroatoms. The minimum atomic E-state index is -4.37. The number of benzene rings is 1. The summed E-state index contributed by atoms with van der Waals surface area (Å²) in [6.45, 7) is 0. The van der Waals surface area contributed by atoms with E-state index in [0.717, 1.165) is 12.1 Å². The number of rotatable bonds is 2. The van der Waals surface area contributed by atoms with Crippen molar-refractivity contribution in [2.45, 2.75) is 6.18 Å². The van der Waals surface area contributed by atoms with Gasteiger partial charge in [0.25, 0.3) is 0 Å². The highest BCUT2D eigenvalue weighted by atomic mass is 19.4. The van der Waals surface area contributed by atoms with Gasteiger partial charge in [-0.15, -0.1) is 10.2 Å². The van der Waals surface area contributed by atoms with E-state index in [-0.39, 0.29) is 11.5 Å². The number of nitrogens with one attached hydrogen (secondary N) is 1. The Hall–Kier alpha value is -2.31. The summed E-state index contributed by atoms with van der Waals surface area (Å²) in [4.78, 5) is 0. The topological polar surface area (TPSA) is 63.8 Å². The van der Waals surface area contributed by atoms with Crippen LogP contribution in [-0.4, -0.2) is 10.2 Å². The molecule has 0 aliphatic heterocycles. The van der Waals surface area contributed by atoms with E-state index >= 15 is 0 Å². The standard InChI is InChI=1S/C11H9F3N4/c12-11(13,14)7-2-1-3-8(6-7)16-10-5-4-9(15)17-18-10/h1-6H,(H2,15,17)(H,16,18). The Labute approximate surface area is 101 Å². The fourth-order valence-electron chi connectivity index (χ4n) is 1.33. The van der Waals surface area contributed by atoms with Gasteiger partial charge in [-0.1, -0.05) is 6.07 Å². The average molecular weight is 254 g/mol. The van der Waals surface area contributed by atoms with E-state index in [1.165, 1.54) is 24.3 Å². The van der Waals surface area contributed by atoms with Crippen molar-refractivity contribution < 1.29 is 13.2 Å². The molecule has 0 amide bonds. The van der Waals surface area contributed by atoms with Crippen LogP contribution in [0.3, 0.4) is 0 Å². The number of nitrogen functional groups attached to an aromatic ring is 1. The minimum absolute atomic E-state index is 0.240. The molecule has 1 aromatic carbocycles. The Morgan fingerprint density at radius 2 is 1.83 bits per heavy atom. The van der Waals surface area contributed by atoms with Crippen LogP contribution in [0.25, 0.3) is 0 Å². The SMILES string of the molecule is Nc1ccc(Nc2cccc(C(F)(F)F)c2)nn1. The normalized spacial score (nSPS) is 11.3. The average Bonchev–Trinajstić information content (AvgIpc) is 2.31. The maximum absolute atomic E-state index is 12.5. The largest absolute Gasteiger partial charge is 0.416 e. The molecule has 4 nitrogen and oxygen atoms in total. The van der Waals surface area contributed by atoms with Gasteiger partial charge >= 0.3 is 6.18 Å². The first-order valence-corrected chi connectivity index (χ1v) is 4.98. The van der Waals surface area contributed by atoms with Gasteiger partial charge in [-0.3, -0.25) is 0 Å². The molecular weight excluding hydrogens is 245 g/mol. The van der Waals surface area contributed by atoms with E-state index in [1.807, 2.05) is 0 Å². The van der Waals surface area contributed by atoms with Crippen molar-refractivity contribution >= 4 is 17.3 Å². The van der Waals surface area contributed by atoms with E-state index in [1.54, 1.807) is 0 Å². The predicted molar refractivity (Wildman–Crippen MR) is 61.2 cm³/mol. The van der Waals surface area contributed by atoms with Crippen molar-refractivity contribution in [1.29, 1.82) is 0 Å². The van der Waals surface area contributed by atoms with Gasteiger partial charge in [0, 0.05) is 5.69 Å². The van der Waals surface area contributed by atoms with Crippen molar-refractivity contribution in [3.8, 4) is 0 Å². The number of aromatic nitrogens is 2. The Bertz CT molecular complexity index is 537. The highest BCUT2D eigenvalue weighted by molar-refractivity contribution is 5.57. The smallest absolute Gasteiger partial charge is 0.382 e. The molecule has 0 bridgehead atoms. The monoisotopic (exact) mass is 254 g/mol. The van der Waals surface area contributed by atoms with Crippen molar-refractivity contribution in [3.05, 3.63) is 42.0 Å². The zero-order valence-corrected chi connectivity index (χ0v) is 9.07. The number of hydrogen-bond acceptors (Lipinski definition) is 4. The molecule has 2 rings (SSSR count). The van der Waals surface area contributed by atoms with Gasteiger partial charge in [0.2, 0.25) is 0 Å². The lowest BCUT2D eigenvalue weighted by Gasteiger charge is -2.09. The molecular formula is C11H9F3N4. The third-order valence-corrected chi connectivity index (χ3v) is 2.15. The van der Waals surface area contributed by atoms with Crippen molar-refractivity contribution in [2.75, 3.05) is 11.1 Å². The van der Waals surface area contributed by atoms with Crippen LogP contribution < -0.4 is 11.1 Å². The lowest BCUT2D eigenvalue weighted by atomic mass is 10.2. The third-order valence-electron chi connectivity index (χ3n) is 2.15. The van der Waals surface area contributed by atoms with Crippen LogP contribution in [0.4, 0.5) is 30.5 Å². The first kappa shape index (κ1) is 12.2. The minimum Gasteiger partial charge on any atom is -0.382 e. The highest BCUT2D eigenvalue weighted by Crippen LogP contribution is 2.31. The van der Waals surface area contributed by atoms with Gasteiger partial charge < -0.3 is 11.1 Å². The Kier molecular flexibility index (Phi) is 3.05. The fraction of sp³-hybridized carbons (Fsp3) is 0.0909. The first-order chi connectivity index (χ1) is 8.45. The van der Waals surface area contributed by atoms with Crippen molar-refractivity contribution in [2.24, 2.45) is 0 Å². The molecule has 1 aromatic heterocycles. The van der Waals surface area contributed by atoms with Gasteiger partial charge in [-0.25, -0.2) is 0 Å². The summed E-state index contributed by atoms with van der Waals surface area (Å²) < 4.78 is 37.5. The molecule has 0 aliphatic carbocycles. The van der Waals surface area contributed by atoms with Crippen LogP contribution >= 0.6 is 0 Å². The van der Waals surface area contributed by atoms with Crippen LogP contribution in [0.5, 0.6) is 0 Å². The molecule has 94 valence electrons. The number of anilines is 3. The number of halogens is 3.